The molecule has 11 aromatic rings. The van der Waals surface area contributed by atoms with Gasteiger partial charge in [0, 0.05) is 43.8 Å². The maximum Gasteiger partial charge on any atom is 0.132 e. The zero-order chi connectivity index (χ0) is 51.5. The minimum absolute atomic E-state index is 0.217. The van der Waals surface area contributed by atoms with Crippen molar-refractivity contribution in [1.29, 1.82) is 0 Å². The highest BCUT2D eigenvalue weighted by Crippen LogP contribution is 2.61. The summed E-state index contributed by atoms with van der Waals surface area (Å²) in [5, 5.41) is 12.7. The van der Waals surface area contributed by atoms with Crippen LogP contribution < -0.4 is 15.4 Å². The minimum Gasteiger partial charge on any atom is -0.457 e. The lowest BCUT2D eigenvalue weighted by Gasteiger charge is -2.45. The third kappa shape index (κ3) is 6.57. The summed E-state index contributed by atoms with van der Waals surface area (Å²) in [5.74, 6) is 2.59. The highest BCUT2D eigenvalue weighted by molar-refractivity contribution is 6.20. The number of aromatic nitrogens is 2. The average molecular weight is 1000 g/mol. The van der Waals surface area contributed by atoms with E-state index in [0.717, 1.165) is 74.6 Å². The number of allylic oxidation sites excluding steroid dienone is 10. The second-order valence-electron chi connectivity index (χ2n) is 21.6. The van der Waals surface area contributed by atoms with E-state index in [2.05, 4.69) is 282 Å². The van der Waals surface area contributed by atoms with Crippen molar-refractivity contribution in [2.45, 2.75) is 43.1 Å². The van der Waals surface area contributed by atoms with E-state index < -0.39 is 5.41 Å². The second kappa shape index (κ2) is 17.3. The van der Waals surface area contributed by atoms with Crippen molar-refractivity contribution in [3.63, 3.8) is 0 Å². The van der Waals surface area contributed by atoms with Gasteiger partial charge in [0.1, 0.15) is 29.7 Å². The van der Waals surface area contributed by atoms with Gasteiger partial charge in [0.2, 0.25) is 0 Å². The average Bonchev–Trinajstić information content (AvgIpc) is 4.04. The van der Waals surface area contributed by atoms with Gasteiger partial charge in [0.05, 0.1) is 33.2 Å². The number of fused-ring (bicyclic) bond motifs is 14. The van der Waals surface area contributed by atoms with Gasteiger partial charge in [-0.2, -0.15) is 0 Å². The van der Waals surface area contributed by atoms with Crippen molar-refractivity contribution in [3.8, 4) is 28.3 Å². The summed E-state index contributed by atoms with van der Waals surface area (Å²) in [7, 11) is 0. The zero-order valence-corrected chi connectivity index (χ0v) is 43.1. The van der Waals surface area contributed by atoms with E-state index in [1.54, 1.807) is 0 Å². The summed E-state index contributed by atoms with van der Waals surface area (Å²) in [5.41, 5.74) is 17.7. The van der Waals surface area contributed by atoms with Crippen LogP contribution >= 0.6 is 0 Å². The van der Waals surface area contributed by atoms with E-state index in [9.17, 15) is 0 Å². The number of rotatable bonds is 6. The Bertz CT molecular complexity index is 4510. The van der Waals surface area contributed by atoms with E-state index in [1.165, 1.54) is 66.0 Å². The van der Waals surface area contributed by atoms with Gasteiger partial charge in [-0.05, 0) is 113 Å². The topological polar surface area (TPSA) is 55.5 Å². The van der Waals surface area contributed by atoms with Gasteiger partial charge in [-0.3, -0.25) is 5.32 Å². The predicted molar refractivity (Wildman–Crippen MR) is 320 cm³/mol. The van der Waals surface area contributed by atoms with E-state index >= 15 is 0 Å². The van der Waals surface area contributed by atoms with Crippen LogP contribution in [0.15, 0.2) is 260 Å². The van der Waals surface area contributed by atoms with Crippen molar-refractivity contribution in [3.05, 3.63) is 299 Å². The molecule has 0 bridgehead atoms. The number of nitrogens with zero attached hydrogens (tertiary/aromatic N) is 3. The SMILES string of the molecule is CC1(n2c3ccc(-c4ccc5c(c4)C4(c6ccccc6O5)c5ccccc5-n5c6ccccc6c6cccc4c65)cc3c3c(C4=NC(c5ccccc5)NC(c5ccc(C6=CC=CCC=C6)cc5)N4)cccc32)C=CC=CC1. The van der Waals surface area contributed by atoms with Gasteiger partial charge in [-0.1, -0.05) is 206 Å². The molecule has 6 nitrogen and oxygen atoms in total. The Morgan fingerprint density at radius 2 is 1.29 bits per heavy atom. The van der Waals surface area contributed by atoms with Crippen molar-refractivity contribution < 1.29 is 4.74 Å². The van der Waals surface area contributed by atoms with Crippen LogP contribution in [0, 0.1) is 0 Å². The highest BCUT2D eigenvalue weighted by Gasteiger charge is 2.50. The Balaban J connectivity index is 0.899. The van der Waals surface area contributed by atoms with Gasteiger partial charge >= 0.3 is 0 Å². The number of para-hydroxylation sites is 4. The van der Waals surface area contributed by atoms with Gasteiger partial charge in [-0.25, -0.2) is 4.99 Å². The molecule has 9 aromatic carbocycles. The summed E-state index contributed by atoms with van der Waals surface area (Å²) >= 11 is 0. The van der Waals surface area contributed by atoms with Gasteiger partial charge in [-0.15, -0.1) is 0 Å². The molecule has 5 heterocycles. The highest BCUT2D eigenvalue weighted by atomic mass is 16.5. The molecule has 4 unspecified atom stereocenters. The first kappa shape index (κ1) is 44.8. The number of hydrogen-bond acceptors (Lipinski definition) is 4. The molecule has 372 valence electrons. The largest absolute Gasteiger partial charge is 0.457 e. The van der Waals surface area contributed by atoms with Crippen LogP contribution in [0.3, 0.4) is 0 Å². The molecule has 2 N–H and O–H groups in total. The monoisotopic (exact) mass is 1000 g/mol. The van der Waals surface area contributed by atoms with Crippen LogP contribution in [0.25, 0.3) is 66.0 Å². The summed E-state index contributed by atoms with van der Waals surface area (Å²) in [6.45, 7) is 2.36. The number of aliphatic imine (C=N–C) groups is 1. The number of amidine groups is 1. The van der Waals surface area contributed by atoms with Crippen LogP contribution in [0.1, 0.15) is 76.6 Å². The summed E-state index contributed by atoms with van der Waals surface area (Å²) in [4.78, 5) is 5.57. The van der Waals surface area contributed by atoms with E-state index in [4.69, 9.17) is 9.73 Å². The van der Waals surface area contributed by atoms with Crippen LogP contribution in [0.2, 0.25) is 0 Å². The maximum atomic E-state index is 7.01. The lowest BCUT2D eigenvalue weighted by atomic mass is 9.61. The molecule has 5 aliphatic rings. The van der Waals surface area contributed by atoms with Crippen LogP contribution in [0.5, 0.6) is 11.5 Å². The van der Waals surface area contributed by atoms with Crippen molar-refractivity contribution in [2.75, 3.05) is 0 Å². The number of benzene rings is 9. The molecule has 0 fully saturated rings. The smallest absolute Gasteiger partial charge is 0.132 e. The lowest BCUT2D eigenvalue weighted by Crippen LogP contribution is -2.45. The first-order valence-corrected chi connectivity index (χ1v) is 27.3. The van der Waals surface area contributed by atoms with Crippen molar-refractivity contribution in [2.24, 2.45) is 4.99 Å². The standard InChI is InChI=1S/C72H53N5O/c1-71(42-16-5-17-43-71)77-61-40-38-50(44-55(61)66-54(26-19-32-63(66)77)70-74-68(48-22-8-4-9-23-48)73-69(75-70)49-36-34-47(35-37-49)46-20-6-2-3-7-21-46)51-39-41-65-59(45-51)72(57-28-12-15-33-64(57)78-65)56-27-11-14-31-62(56)76-60-30-13-10-24-52(60)53-25-18-29-58(72)67(53)76/h2,4-42,44-45,68-69,73H,3,43H2,1H3,(H,74,75). The predicted octanol–water partition coefficient (Wildman–Crippen LogP) is 16.8. The molecule has 1 spiro atoms. The van der Waals surface area contributed by atoms with Gasteiger partial charge in [0.25, 0.3) is 0 Å². The van der Waals surface area contributed by atoms with Gasteiger partial charge < -0.3 is 19.2 Å². The van der Waals surface area contributed by atoms with Crippen LogP contribution in [0.4, 0.5) is 0 Å². The Hall–Kier alpha value is -9.49. The number of hydrogen-bond donors (Lipinski definition) is 2. The third-order valence-electron chi connectivity index (χ3n) is 17.2. The fraction of sp³-hybridized carbons (Fsp3) is 0.0972. The Kier molecular flexibility index (Phi) is 9.91. The minimum atomic E-state index is -0.685. The first-order chi connectivity index (χ1) is 38.5. The molecule has 0 saturated carbocycles. The Morgan fingerprint density at radius 1 is 0.551 bits per heavy atom. The maximum absolute atomic E-state index is 7.01. The van der Waals surface area contributed by atoms with Crippen molar-refractivity contribution in [1.82, 2.24) is 19.8 Å². The molecule has 4 atom stereocenters. The molecular formula is C72H53N5O. The Labute approximate surface area is 453 Å². The zero-order valence-electron chi connectivity index (χ0n) is 43.1. The van der Waals surface area contributed by atoms with Crippen molar-refractivity contribution >= 4 is 55.0 Å². The van der Waals surface area contributed by atoms with E-state index in [-0.39, 0.29) is 17.9 Å². The molecule has 2 aliphatic carbocycles. The lowest BCUT2D eigenvalue weighted by molar-refractivity contribution is 0.409. The fourth-order valence-electron chi connectivity index (χ4n) is 13.7. The van der Waals surface area contributed by atoms with Gasteiger partial charge in [0.15, 0.2) is 0 Å². The van der Waals surface area contributed by atoms with Crippen LogP contribution in [-0.4, -0.2) is 15.0 Å². The molecule has 6 heteroatoms. The summed E-state index contributed by atoms with van der Waals surface area (Å²) < 4.78 is 12.1. The molecule has 16 rings (SSSR count). The van der Waals surface area contributed by atoms with Crippen LogP contribution in [-0.2, 0) is 11.0 Å². The molecule has 0 amide bonds. The molecule has 0 radical (unpaired) electrons. The third-order valence-corrected chi connectivity index (χ3v) is 17.2. The first-order valence-electron chi connectivity index (χ1n) is 27.3. The van der Waals surface area contributed by atoms with E-state index in [1.807, 2.05) is 0 Å². The number of ether oxygens (including phenoxy) is 1. The normalized spacial score (nSPS) is 20.7. The molecular weight excluding hydrogens is 951 g/mol. The number of nitrogens with one attached hydrogen (secondary N) is 2. The summed E-state index contributed by atoms with van der Waals surface area (Å²) in [6, 6.07) is 73.8. The van der Waals surface area contributed by atoms with E-state index in [0.29, 0.717) is 0 Å². The Morgan fingerprint density at radius 3 is 2.19 bits per heavy atom. The quantitative estimate of drug-likeness (QED) is 0.175. The molecule has 2 aromatic heterocycles. The molecule has 3 aliphatic heterocycles. The second-order valence-corrected chi connectivity index (χ2v) is 21.6. The summed E-state index contributed by atoms with van der Waals surface area (Å²) in [6.07, 6.45) is 21.3. The molecule has 0 saturated heterocycles. The molecule has 78 heavy (non-hydrogen) atoms. The fourth-order valence-corrected chi connectivity index (χ4v) is 13.7.